The molecule has 21 heavy (non-hydrogen) atoms. The number of hydrogen-bond acceptors (Lipinski definition) is 3. The van der Waals surface area contributed by atoms with Gasteiger partial charge in [0, 0.05) is 10.0 Å². The van der Waals surface area contributed by atoms with Crippen LogP contribution in [0, 0.1) is 6.92 Å². The second-order valence-electron chi connectivity index (χ2n) is 4.52. The number of nitrogens with one attached hydrogen (secondary N) is 1. The maximum atomic E-state index is 12.3. The summed E-state index contributed by atoms with van der Waals surface area (Å²) in [5, 5.41) is 11.6. The SMILES string of the molecule is Cc1ccc(Br)cc1C(=O)Nc1ccc(C(=O)O)cc1N. The van der Waals surface area contributed by atoms with Crippen molar-refractivity contribution in [3.05, 3.63) is 57.6 Å². The lowest BCUT2D eigenvalue weighted by atomic mass is 10.1. The zero-order chi connectivity index (χ0) is 15.6. The molecule has 0 spiro atoms. The van der Waals surface area contributed by atoms with Gasteiger partial charge in [-0.25, -0.2) is 4.79 Å². The minimum atomic E-state index is -1.07. The fourth-order valence-corrected chi connectivity index (χ4v) is 2.20. The summed E-state index contributed by atoms with van der Waals surface area (Å²) in [5.74, 6) is -1.37. The summed E-state index contributed by atoms with van der Waals surface area (Å²) in [5.41, 5.74) is 7.77. The third kappa shape index (κ3) is 3.41. The zero-order valence-electron chi connectivity index (χ0n) is 11.2. The predicted molar refractivity (Wildman–Crippen MR) is 84.6 cm³/mol. The number of hydrogen-bond donors (Lipinski definition) is 3. The fourth-order valence-electron chi connectivity index (χ4n) is 1.84. The topological polar surface area (TPSA) is 92.4 Å². The first-order valence-electron chi connectivity index (χ1n) is 6.09. The highest BCUT2D eigenvalue weighted by atomic mass is 79.9. The van der Waals surface area contributed by atoms with E-state index in [0.29, 0.717) is 11.3 Å². The smallest absolute Gasteiger partial charge is 0.335 e. The van der Waals surface area contributed by atoms with Gasteiger partial charge in [-0.15, -0.1) is 0 Å². The summed E-state index contributed by atoms with van der Waals surface area (Å²) in [6, 6.07) is 9.57. The Hall–Kier alpha value is -2.34. The van der Waals surface area contributed by atoms with Gasteiger partial charge in [0.15, 0.2) is 0 Å². The molecule has 2 aromatic carbocycles. The van der Waals surface area contributed by atoms with E-state index in [2.05, 4.69) is 21.2 Å². The zero-order valence-corrected chi connectivity index (χ0v) is 12.8. The van der Waals surface area contributed by atoms with Gasteiger partial charge in [0.2, 0.25) is 0 Å². The molecule has 0 aromatic heterocycles. The Labute approximate surface area is 129 Å². The van der Waals surface area contributed by atoms with Crippen molar-refractivity contribution in [2.24, 2.45) is 0 Å². The Kier molecular flexibility index (Phi) is 4.28. The summed E-state index contributed by atoms with van der Waals surface area (Å²) in [6.07, 6.45) is 0. The number of carbonyl (C=O) groups excluding carboxylic acids is 1. The van der Waals surface area contributed by atoms with Gasteiger partial charge >= 0.3 is 5.97 Å². The van der Waals surface area contributed by atoms with E-state index in [1.165, 1.54) is 18.2 Å². The average Bonchev–Trinajstić information content (AvgIpc) is 2.43. The van der Waals surface area contributed by atoms with Crippen LogP contribution in [-0.2, 0) is 0 Å². The summed E-state index contributed by atoms with van der Waals surface area (Å²) in [7, 11) is 0. The monoisotopic (exact) mass is 348 g/mol. The van der Waals surface area contributed by atoms with Crippen molar-refractivity contribution in [2.75, 3.05) is 11.1 Å². The van der Waals surface area contributed by atoms with Gasteiger partial charge in [-0.3, -0.25) is 4.79 Å². The molecule has 5 nitrogen and oxygen atoms in total. The van der Waals surface area contributed by atoms with Crippen LogP contribution in [-0.4, -0.2) is 17.0 Å². The van der Waals surface area contributed by atoms with Crippen LogP contribution >= 0.6 is 15.9 Å². The van der Waals surface area contributed by atoms with E-state index < -0.39 is 5.97 Å². The molecule has 1 amide bonds. The minimum Gasteiger partial charge on any atom is -0.478 e. The molecule has 0 aliphatic carbocycles. The molecule has 0 unspecified atom stereocenters. The van der Waals surface area contributed by atoms with Gasteiger partial charge in [0.1, 0.15) is 0 Å². The number of nitrogen functional groups attached to an aromatic ring is 1. The Morgan fingerprint density at radius 3 is 2.52 bits per heavy atom. The molecule has 0 saturated heterocycles. The van der Waals surface area contributed by atoms with E-state index in [9.17, 15) is 9.59 Å². The molecule has 0 fully saturated rings. The Balaban J connectivity index is 2.27. The highest BCUT2D eigenvalue weighted by Gasteiger charge is 2.12. The molecule has 4 N–H and O–H groups in total. The van der Waals surface area contributed by atoms with Gasteiger partial charge in [-0.2, -0.15) is 0 Å². The number of nitrogens with two attached hydrogens (primary N) is 1. The van der Waals surface area contributed by atoms with E-state index in [0.717, 1.165) is 10.0 Å². The van der Waals surface area contributed by atoms with Crippen molar-refractivity contribution in [3.63, 3.8) is 0 Å². The second kappa shape index (κ2) is 5.97. The van der Waals surface area contributed by atoms with Crippen LogP contribution in [0.25, 0.3) is 0 Å². The standard InChI is InChI=1S/C15H13BrN2O3/c1-8-2-4-10(16)7-11(8)14(19)18-13-5-3-9(15(20)21)6-12(13)17/h2-7H,17H2,1H3,(H,18,19)(H,20,21). The van der Waals surface area contributed by atoms with E-state index in [-0.39, 0.29) is 17.2 Å². The predicted octanol–water partition coefficient (Wildman–Crippen LogP) is 3.29. The summed E-state index contributed by atoms with van der Waals surface area (Å²) in [6.45, 7) is 1.83. The molecule has 0 radical (unpaired) electrons. The first-order valence-corrected chi connectivity index (χ1v) is 6.88. The van der Waals surface area contributed by atoms with Crippen molar-refractivity contribution in [2.45, 2.75) is 6.92 Å². The molecule has 0 aliphatic heterocycles. The number of carboxylic acids is 1. The number of anilines is 2. The van der Waals surface area contributed by atoms with E-state index in [1.54, 1.807) is 6.07 Å². The second-order valence-corrected chi connectivity index (χ2v) is 5.44. The average molecular weight is 349 g/mol. The Morgan fingerprint density at radius 1 is 1.19 bits per heavy atom. The number of amides is 1. The van der Waals surface area contributed by atoms with Crippen molar-refractivity contribution >= 4 is 39.2 Å². The highest BCUT2D eigenvalue weighted by molar-refractivity contribution is 9.10. The lowest BCUT2D eigenvalue weighted by molar-refractivity contribution is 0.0697. The first-order chi connectivity index (χ1) is 9.88. The van der Waals surface area contributed by atoms with Crippen LogP contribution in [0.15, 0.2) is 40.9 Å². The normalized spacial score (nSPS) is 10.2. The van der Waals surface area contributed by atoms with Gasteiger partial charge in [0.25, 0.3) is 5.91 Å². The number of carbonyl (C=O) groups is 2. The van der Waals surface area contributed by atoms with Gasteiger partial charge in [-0.1, -0.05) is 22.0 Å². The maximum Gasteiger partial charge on any atom is 0.335 e. The molecule has 0 saturated carbocycles. The Bertz CT molecular complexity index is 729. The molecule has 6 heteroatoms. The fraction of sp³-hybridized carbons (Fsp3) is 0.0667. The molecule has 2 rings (SSSR count). The molecule has 0 atom stereocenters. The third-order valence-corrected chi connectivity index (χ3v) is 3.48. The highest BCUT2D eigenvalue weighted by Crippen LogP contribution is 2.22. The number of aryl methyl sites for hydroxylation is 1. The van der Waals surface area contributed by atoms with Crippen LogP contribution in [0.2, 0.25) is 0 Å². The first kappa shape index (κ1) is 15.1. The number of benzene rings is 2. The molecule has 0 aliphatic rings. The quantitative estimate of drug-likeness (QED) is 0.742. The minimum absolute atomic E-state index is 0.0733. The number of aromatic carboxylic acids is 1. The van der Waals surface area contributed by atoms with Crippen LogP contribution < -0.4 is 11.1 Å². The number of halogens is 1. The molecule has 0 heterocycles. The Morgan fingerprint density at radius 2 is 1.90 bits per heavy atom. The number of rotatable bonds is 3. The van der Waals surface area contributed by atoms with Crippen LogP contribution in [0.5, 0.6) is 0 Å². The molecular formula is C15H13BrN2O3. The van der Waals surface area contributed by atoms with Crippen molar-refractivity contribution in [1.82, 2.24) is 0 Å². The van der Waals surface area contributed by atoms with E-state index in [4.69, 9.17) is 10.8 Å². The van der Waals surface area contributed by atoms with Crippen molar-refractivity contribution in [3.8, 4) is 0 Å². The van der Waals surface area contributed by atoms with Gasteiger partial charge in [-0.05, 0) is 42.8 Å². The summed E-state index contributed by atoms with van der Waals surface area (Å²) in [4.78, 5) is 23.1. The van der Waals surface area contributed by atoms with Crippen molar-refractivity contribution in [1.29, 1.82) is 0 Å². The van der Waals surface area contributed by atoms with Crippen LogP contribution in [0.4, 0.5) is 11.4 Å². The van der Waals surface area contributed by atoms with E-state index in [1.807, 2.05) is 19.1 Å². The molecular weight excluding hydrogens is 336 g/mol. The molecule has 2 aromatic rings. The third-order valence-electron chi connectivity index (χ3n) is 2.99. The van der Waals surface area contributed by atoms with Crippen molar-refractivity contribution < 1.29 is 14.7 Å². The largest absolute Gasteiger partial charge is 0.478 e. The maximum absolute atomic E-state index is 12.3. The number of carboxylic acid groups (broad SMARTS) is 1. The van der Waals surface area contributed by atoms with Crippen LogP contribution in [0.3, 0.4) is 0 Å². The van der Waals surface area contributed by atoms with Crippen LogP contribution in [0.1, 0.15) is 26.3 Å². The van der Waals surface area contributed by atoms with Gasteiger partial charge < -0.3 is 16.2 Å². The lowest BCUT2D eigenvalue weighted by Crippen LogP contribution is -2.15. The lowest BCUT2D eigenvalue weighted by Gasteiger charge is -2.10. The molecule has 0 bridgehead atoms. The summed E-state index contributed by atoms with van der Waals surface area (Å²) < 4.78 is 0.799. The molecule has 108 valence electrons. The van der Waals surface area contributed by atoms with E-state index >= 15 is 0 Å². The van der Waals surface area contributed by atoms with Gasteiger partial charge in [0.05, 0.1) is 16.9 Å². The summed E-state index contributed by atoms with van der Waals surface area (Å²) >= 11 is 3.32.